The highest BCUT2D eigenvalue weighted by Gasteiger charge is 2.34. The summed E-state index contributed by atoms with van der Waals surface area (Å²) in [5.74, 6) is -1.41. The summed E-state index contributed by atoms with van der Waals surface area (Å²) >= 11 is 0. The van der Waals surface area contributed by atoms with Gasteiger partial charge in [-0.1, -0.05) is 6.07 Å². The Hall–Kier alpha value is -5.44. The fraction of sp³-hybridized carbons (Fsp3) is 0.259. The third-order valence-corrected chi connectivity index (χ3v) is 5.56. The molecule has 0 spiro atoms. The fourth-order valence-electron chi connectivity index (χ4n) is 3.82. The summed E-state index contributed by atoms with van der Waals surface area (Å²) in [6, 6.07) is 9.51. The Bertz CT molecular complexity index is 1580. The van der Waals surface area contributed by atoms with Crippen LogP contribution in [0.1, 0.15) is 43.6 Å². The summed E-state index contributed by atoms with van der Waals surface area (Å²) in [6.07, 6.45) is -1.06. The Balaban J connectivity index is 1.76. The number of esters is 1. The quantitative estimate of drug-likeness (QED) is 0.116. The fourth-order valence-corrected chi connectivity index (χ4v) is 3.82. The van der Waals surface area contributed by atoms with E-state index in [1.165, 1.54) is 25.1 Å². The van der Waals surface area contributed by atoms with Crippen LogP contribution >= 0.6 is 0 Å². The summed E-state index contributed by atoms with van der Waals surface area (Å²) in [5.41, 5.74) is 16.4. The van der Waals surface area contributed by atoms with E-state index >= 15 is 0 Å². The predicted octanol–water partition coefficient (Wildman–Crippen LogP) is 2.32. The lowest BCUT2D eigenvalue weighted by Gasteiger charge is -2.28. The number of carbonyl (C=O) groups is 2. The molecule has 2 atom stereocenters. The van der Waals surface area contributed by atoms with Gasteiger partial charge in [0.1, 0.15) is 34.7 Å². The third kappa shape index (κ3) is 7.00. The van der Waals surface area contributed by atoms with Gasteiger partial charge >= 0.3 is 12.0 Å². The number of hydrogen-bond donors (Lipinski definition) is 7. The van der Waals surface area contributed by atoms with Crippen LogP contribution < -0.4 is 37.3 Å². The zero-order valence-corrected chi connectivity index (χ0v) is 23.3. The maximum atomic E-state index is 12.9. The Morgan fingerprint density at radius 1 is 1.07 bits per heavy atom. The average Bonchev–Trinajstić information content (AvgIpc) is 2.87. The van der Waals surface area contributed by atoms with Gasteiger partial charge in [-0.25, -0.2) is 9.79 Å². The summed E-state index contributed by atoms with van der Waals surface area (Å²) < 4.78 is 17.3. The maximum absolute atomic E-state index is 12.9. The van der Waals surface area contributed by atoms with Crippen LogP contribution in [0.15, 0.2) is 47.5 Å². The summed E-state index contributed by atoms with van der Waals surface area (Å²) in [4.78, 5) is 38.3. The van der Waals surface area contributed by atoms with Crippen LogP contribution in [0.5, 0.6) is 23.4 Å². The van der Waals surface area contributed by atoms with Crippen molar-refractivity contribution in [2.24, 2.45) is 22.2 Å². The van der Waals surface area contributed by atoms with Crippen molar-refractivity contribution in [2.45, 2.75) is 45.4 Å². The first kappa shape index (κ1) is 29.5. The second-order valence-corrected chi connectivity index (χ2v) is 10.2. The monoisotopic (exact) mass is 577 g/mol. The molecule has 15 heteroatoms. The largest absolute Gasteiger partial charge is 0.456 e. The number of nitrogens with zero attached hydrogens (tertiary/aromatic N) is 3. The maximum Gasteiger partial charge on any atom is 0.339 e. The number of nitrogens with two attached hydrogens (primary N) is 3. The van der Waals surface area contributed by atoms with Gasteiger partial charge < -0.3 is 47.2 Å². The van der Waals surface area contributed by atoms with Gasteiger partial charge in [0.25, 0.3) is 5.88 Å². The zero-order valence-electron chi connectivity index (χ0n) is 23.3. The lowest BCUT2D eigenvalue weighted by atomic mass is 10.1. The molecule has 1 aromatic heterocycles. The van der Waals surface area contributed by atoms with Crippen LogP contribution in [-0.2, 0) is 9.53 Å². The van der Waals surface area contributed by atoms with E-state index in [1.807, 2.05) is 0 Å². The van der Waals surface area contributed by atoms with Crippen molar-refractivity contribution in [3.05, 3.63) is 53.6 Å². The van der Waals surface area contributed by atoms with Crippen LogP contribution in [0.2, 0.25) is 0 Å². The predicted molar refractivity (Wildman–Crippen MR) is 154 cm³/mol. The van der Waals surface area contributed by atoms with Crippen LogP contribution in [0.3, 0.4) is 0 Å². The number of guanidine groups is 1. The van der Waals surface area contributed by atoms with Crippen molar-refractivity contribution in [2.75, 3.05) is 10.6 Å². The van der Waals surface area contributed by atoms with E-state index in [9.17, 15) is 14.7 Å². The number of benzene rings is 2. The van der Waals surface area contributed by atoms with Crippen molar-refractivity contribution in [3.63, 3.8) is 0 Å². The molecule has 0 saturated carbocycles. The molecule has 4 rings (SSSR count). The van der Waals surface area contributed by atoms with Crippen molar-refractivity contribution in [1.29, 1.82) is 5.41 Å². The smallest absolute Gasteiger partial charge is 0.339 e. The van der Waals surface area contributed by atoms with Crippen molar-refractivity contribution in [3.8, 4) is 23.4 Å². The van der Waals surface area contributed by atoms with E-state index in [4.69, 9.17) is 36.8 Å². The summed E-state index contributed by atoms with van der Waals surface area (Å²) in [6.45, 7) is 6.56. The molecule has 1 aliphatic rings. The van der Waals surface area contributed by atoms with Gasteiger partial charge in [0.15, 0.2) is 11.8 Å². The van der Waals surface area contributed by atoms with E-state index in [-0.39, 0.29) is 57.8 Å². The molecule has 3 aromatic rings. The molecule has 0 fully saturated rings. The Morgan fingerprint density at radius 2 is 1.79 bits per heavy atom. The van der Waals surface area contributed by atoms with Gasteiger partial charge in [-0.2, -0.15) is 9.97 Å². The van der Waals surface area contributed by atoms with Crippen LogP contribution in [0.25, 0.3) is 0 Å². The minimum atomic E-state index is -1.06. The zero-order chi connectivity index (χ0) is 30.8. The number of amidine groups is 1. The highest BCUT2D eigenvalue weighted by molar-refractivity contribution is 6.06. The lowest BCUT2D eigenvalue weighted by molar-refractivity contribution is -0.119. The molecule has 1 amide bonds. The van der Waals surface area contributed by atoms with Crippen LogP contribution in [-0.4, -0.2) is 56.5 Å². The van der Waals surface area contributed by atoms with Crippen LogP contribution in [0, 0.1) is 5.41 Å². The van der Waals surface area contributed by atoms with Gasteiger partial charge in [-0.05, 0) is 58.0 Å². The van der Waals surface area contributed by atoms with Gasteiger partial charge in [-0.3, -0.25) is 10.2 Å². The number of fused-ring (bicyclic) bond motifs is 1. The lowest BCUT2D eigenvalue weighted by Crippen LogP contribution is -2.46. The number of rotatable bonds is 8. The molecular formula is C27H31N9O6. The molecule has 2 aromatic carbocycles. The SMILES string of the molecule is CC(O)C1Nc2nc(Oc3cccc(N=C(N)N)c3)nc(Oc3ccc(C(=N)N)c(C(=O)OC(C)(C)C)c3)c2NC1=O. The minimum Gasteiger partial charge on any atom is -0.456 e. The number of carbonyl (C=O) groups excluding carboxylic acids is 2. The molecule has 0 aliphatic carbocycles. The minimum absolute atomic E-state index is 0.0119. The van der Waals surface area contributed by atoms with E-state index in [1.54, 1.807) is 45.0 Å². The molecule has 0 saturated heterocycles. The Kier molecular flexibility index (Phi) is 8.15. The number of anilines is 2. The second kappa shape index (κ2) is 11.6. The number of aliphatic imine (C=N–C) groups is 1. The molecule has 1 aliphatic heterocycles. The average molecular weight is 578 g/mol. The molecule has 2 heterocycles. The number of amides is 1. The van der Waals surface area contributed by atoms with Gasteiger partial charge in [0.05, 0.1) is 17.4 Å². The highest BCUT2D eigenvalue weighted by atomic mass is 16.6. The Morgan fingerprint density at radius 3 is 2.43 bits per heavy atom. The van der Waals surface area contributed by atoms with Crippen molar-refractivity contribution >= 4 is 40.9 Å². The highest BCUT2D eigenvalue weighted by Crippen LogP contribution is 2.39. The van der Waals surface area contributed by atoms with E-state index < -0.39 is 29.6 Å². The second-order valence-electron chi connectivity index (χ2n) is 10.2. The molecule has 0 radical (unpaired) electrons. The number of hydrogen-bond acceptors (Lipinski definition) is 11. The van der Waals surface area contributed by atoms with Crippen molar-refractivity contribution in [1.82, 2.24) is 9.97 Å². The number of nitrogens with one attached hydrogen (secondary N) is 3. The Labute approximate surface area is 240 Å². The van der Waals surface area contributed by atoms with Gasteiger partial charge in [0.2, 0.25) is 5.91 Å². The van der Waals surface area contributed by atoms with Gasteiger partial charge in [0, 0.05) is 11.6 Å². The molecule has 220 valence electrons. The van der Waals surface area contributed by atoms with E-state index in [2.05, 4.69) is 25.6 Å². The number of nitrogen functional groups attached to an aromatic ring is 1. The van der Waals surface area contributed by atoms with Gasteiger partial charge in [-0.15, -0.1) is 0 Å². The van der Waals surface area contributed by atoms with E-state index in [0.717, 1.165) is 0 Å². The first-order chi connectivity index (χ1) is 19.7. The number of aromatic nitrogens is 2. The first-order valence-electron chi connectivity index (χ1n) is 12.6. The topological polar surface area (TPSA) is 246 Å². The van der Waals surface area contributed by atoms with E-state index in [0.29, 0.717) is 5.69 Å². The molecule has 42 heavy (non-hydrogen) atoms. The molecule has 10 N–H and O–H groups in total. The number of ether oxygens (including phenoxy) is 3. The number of aliphatic hydroxyl groups is 1. The first-order valence-corrected chi connectivity index (χ1v) is 12.6. The molecule has 15 nitrogen and oxygen atoms in total. The summed E-state index contributed by atoms with van der Waals surface area (Å²) in [5, 5.41) is 23.5. The third-order valence-electron chi connectivity index (χ3n) is 5.56. The molecule has 0 bridgehead atoms. The van der Waals surface area contributed by atoms with Crippen molar-refractivity contribution < 1.29 is 28.9 Å². The standard InChI is InChI=1S/C27H31N9O6/c1-12(37)18-22(38)34-19-21(33-18)35-26(41-14-7-5-6-13(10-14)32-25(30)31)36-23(19)40-15-8-9-16(20(28)29)17(11-15)24(39)42-27(2,3)4/h5-12,18,37H,1-4H3,(H3,28,29)(H,34,38)(H4,30,31,32)(H,33,35,36). The van der Waals surface area contributed by atoms with Crippen LogP contribution in [0.4, 0.5) is 17.2 Å². The number of aliphatic hydroxyl groups excluding tert-OH is 1. The molecule has 2 unspecified atom stereocenters. The molecular weight excluding hydrogens is 546 g/mol. The summed E-state index contributed by atoms with van der Waals surface area (Å²) in [7, 11) is 0. The normalized spacial score (nSPS) is 14.9.